The van der Waals surface area contributed by atoms with Crippen LogP contribution in [0.15, 0.2) is 6.33 Å². The topological polar surface area (TPSA) is 73.3 Å². The molecule has 2 aliphatic rings. The van der Waals surface area contributed by atoms with Gasteiger partial charge in [0.25, 0.3) is 0 Å². The van der Waals surface area contributed by atoms with E-state index in [0.717, 1.165) is 57.1 Å². The number of rotatable bonds is 5. The first kappa shape index (κ1) is 20.4. The van der Waals surface area contributed by atoms with Gasteiger partial charge in [0.2, 0.25) is 0 Å². The van der Waals surface area contributed by atoms with Gasteiger partial charge in [0.05, 0.1) is 11.8 Å². The van der Waals surface area contributed by atoms with Crippen molar-refractivity contribution in [2.24, 2.45) is 0 Å². The molecular formula is C15H27Cl2N5O. The predicted molar refractivity (Wildman–Crippen MR) is 97.0 cm³/mol. The highest BCUT2D eigenvalue weighted by atomic mass is 35.5. The molecule has 0 aromatic carbocycles. The second-order valence-corrected chi connectivity index (χ2v) is 5.94. The molecule has 0 amide bonds. The molecule has 1 unspecified atom stereocenters. The Morgan fingerprint density at radius 2 is 1.91 bits per heavy atom. The molecule has 0 radical (unpaired) electrons. The van der Waals surface area contributed by atoms with E-state index < -0.39 is 0 Å². The second-order valence-electron chi connectivity index (χ2n) is 5.94. The summed E-state index contributed by atoms with van der Waals surface area (Å²) in [5, 5.41) is 16.9. The minimum atomic E-state index is -0.349. The Labute approximate surface area is 150 Å². The third-order valence-electron chi connectivity index (χ3n) is 4.30. The zero-order valence-electron chi connectivity index (χ0n) is 13.3. The van der Waals surface area contributed by atoms with E-state index in [1.807, 2.05) is 0 Å². The summed E-state index contributed by atoms with van der Waals surface area (Å²) >= 11 is 0. The maximum atomic E-state index is 10.2. The summed E-state index contributed by atoms with van der Waals surface area (Å²) in [6.45, 7) is 5.47. The van der Waals surface area contributed by atoms with Crippen molar-refractivity contribution < 1.29 is 5.11 Å². The van der Waals surface area contributed by atoms with E-state index in [1.165, 1.54) is 18.4 Å². The van der Waals surface area contributed by atoms with Crippen LogP contribution in [0.2, 0.25) is 0 Å². The van der Waals surface area contributed by atoms with E-state index in [9.17, 15) is 5.11 Å². The first-order chi connectivity index (χ1) is 10.3. The fourth-order valence-electron chi connectivity index (χ4n) is 3.17. The largest absolute Gasteiger partial charge is 0.390 e. The van der Waals surface area contributed by atoms with Gasteiger partial charge >= 0.3 is 0 Å². The Kier molecular flexibility index (Phi) is 9.09. The summed E-state index contributed by atoms with van der Waals surface area (Å²) in [4.78, 5) is 11.1. The van der Waals surface area contributed by atoms with Gasteiger partial charge in [-0.3, -0.25) is 0 Å². The van der Waals surface area contributed by atoms with Crippen molar-refractivity contribution in [2.75, 3.05) is 44.6 Å². The van der Waals surface area contributed by atoms with Crippen LogP contribution in [0.3, 0.4) is 0 Å². The number of halogens is 2. The van der Waals surface area contributed by atoms with Gasteiger partial charge in [-0.1, -0.05) is 0 Å². The normalized spacial score (nSPS) is 19.0. The minimum absolute atomic E-state index is 0. The molecule has 2 aliphatic heterocycles. The standard InChI is InChI=1S/C15H25N5O.2ClH/c21-12(10-20-7-1-2-8-20)9-17-15-13-3-5-16-6-4-14(13)18-11-19-15;;/h11-12,16,21H,1-10H2,(H,17,18,19);2*1H. The van der Waals surface area contributed by atoms with Crippen LogP contribution >= 0.6 is 24.8 Å². The lowest BCUT2D eigenvalue weighted by atomic mass is 10.1. The van der Waals surface area contributed by atoms with Crippen LogP contribution in [0, 0.1) is 0 Å². The number of aromatic nitrogens is 2. The third-order valence-corrected chi connectivity index (χ3v) is 4.30. The fraction of sp³-hybridized carbons (Fsp3) is 0.733. The van der Waals surface area contributed by atoms with E-state index in [0.29, 0.717) is 6.54 Å². The van der Waals surface area contributed by atoms with Gasteiger partial charge in [0.1, 0.15) is 12.1 Å². The Balaban J connectivity index is 0.00000132. The Morgan fingerprint density at radius 1 is 1.17 bits per heavy atom. The van der Waals surface area contributed by atoms with E-state index in [4.69, 9.17) is 0 Å². The van der Waals surface area contributed by atoms with Crippen molar-refractivity contribution in [3.05, 3.63) is 17.6 Å². The number of hydrogen-bond donors (Lipinski definition) is 3. The van der Waals surface area contributed by atoms with Crippen LogP contribution in [0.5, 0.6) is 0 Å². The number of hydrogen-bond acceptors (Lipinski definition) is 6. The van der Waals surface area contributed by atoms with E-state index in [2.05, 4.69) is 25.5 Å². The number of nitrogens with zero attached hydrogens (tertiary/aromatic N) is 3. The molecule has 23 heavy (non-hydrogen) atoms. The summed E-state index contributed by atoms with van der Waals surface area (Å²) < 4.78 is 0. The summed E-state index contributed by atoms with van der Waals surface area (Å²) in [5.74, 6) is 0.893. The number of nitrogens with one attached hydrogen (secondary N) is 2. The van der Waals surface area contributed by atoms with Gasteiger partial charge in [0.15, 0.2) is 0 Å². The monoisotopic (exact) mass is 363 g/mol. The highest BCUT2D eigenvalue weighted by Gasteiger charge is 2.17. The quantitative estimate of drug-likeness (QED) is 0.720. The maximum Gasteiger partial charge on any atom is 0.132 e. The van der Waals surface area contributed by atoms with Crippen molar-refractivity contribution in [2.45, 2.75) is 31.8 Å². The lowest BCUT2D eigenvalue weighted by molar-refractivity contribution is 0.135. The molecule has 132 valence electrons. The molecule has 0 spiro atoms. The molecule has 1 aromatic rings. The molecule has 3 heterocycles. The van der Waals surface area contributed by atoms with Crippen LogP contribution in [-0.2, 0) is 12.8 Å². The van der Waals surface area contributed by atoms with Crippen LogP contribution in [0.4, 0.5) is 5.82 Å². The first-order valence-corrected chi connectivity index (χ1v) is 8.00. The average Bonchev–Trinajstić information content (AvgIpc) is 2.87. The Morgan fingerprint density at radius 3 is 2.70 bits per heavy atom. The average molecular weight is 364 g/mol. The molecule has 0 aliphatic carbocycles. The molecule has 1 aromatic heterocycles. The Bertz CT molecular complexity index is 471. The van der Waals surface area contributed by atoms with Crippen molar-refractivity contribution in [3.63, 3.8) is 0 Å². The molecule has 1 fully saturated rings. The number of fused-ring (bicyclic) bond motifs is 1. The smallest absolute Gasteiger partial charge is 0.132 e. The molecule has 6 nitrogen and oxygen atoms in total. The number of likely N-dealkylation sites (tertiary alicyclic amines) is 1. The van der Waals surface area contributed by atoms with Crippen molar-refractivity contribution in [1.29, 1.82) is 0 Å². The van der Waals surface area contributed by atoms with Crippen LogP contribution < -0.4 is 10.6 Å². The molecule has 0 bridgehead atoms. The van der Waals surface area contributed by atoms with E-state index in [-0.39, 0.29) is 30.9 Å². The molecule has 3 N–H and O–H groups in total. The highest BCUT2D eigenvalue weighted by Crippen LogP contribution is 2.18. The van der Waals surface area contributed by atoms with Crippen molar-refractivity contribution in [1.82, 2.24) is 20.2 Å². The molecule has 1 saturated heterocycles. The molecule has 3 rings (SSSR count). The first-order valence-electron chi connectivity index (χ1n) is 8.00. The van der Waals surface area contributed by atoms with Gasteiger partial charge in [-0.2, -0.15) is 0 Å². The summed E-state index contributed by atoms with van der Waals surface area (Å²) in [7, 11) is 0. The molecule has 8 heteroatoms. The lowest BCUT2D eigenvalue weighted by Gasteiger charge is -2.20. The van der Waals surface area contributed by atoms with Crippen molar-refractivity contribution in [3.8, 4) is 0 Å². The molecular weight excluding hydrogens is 337 g/mol. The highest BCUT2D eigenvalue weighted by molar-refractivity contribution is 5.85. The lowest BCUT2D eigenvalue weighted by Crippen LogP contribution is -2.34. The number of β-amino-alcohol motifs (C(OH)–C–C–N with tert-alkyl or cyclic N) is 1. The maximum absolute atomic E-state index is 10.2. The minimum Gasteiger partial charge on any atom is -0.390 e. The van der Waals surface area contributed by atoms with Gasteiger partial charge in [-0.05, 0) is 38.9 Å². The molecule has 0 saturated carbocycles. The number of aliphatic hydroxyl groups excluding tert-OH is 1. The fourth-order valence-corrected chi connectivity index (χ4v) is 3.17. The van der Waals surface area contributed by atoms with E-state index in [1.54, 1.807) is 6.33 Å². The zero-order chi connectivity index (χ0) is 14.5. The number of aliphatic hydroxyl groups is 1. The SMILES string of the molecule is Cl.Cl.OC(CNc1ncnc2c1CCNCC2)CN1CCCC1. The predicted octanol–water partition coefficient (Wildman–Crippen LogP) is 0.877. The summed E-state index contributed by atoms with van der Waals surface area (Å²) in [5.41, 5.74) is 2.34. The van der Waals surface area contributed by atoms with Crippen molar-refractivity contribution >= 4 is 30.6 Å². The van der Waals surface area contributed by atoms with Crippen LogP contribution in [0.1, 0.15) is 24.1 Å². The third kappa shape index (κ3) is 5.72. The van der Waals surface area contributed by atoms with E-state index >= 15 is 0 Å². The summed E-state index contributed by atoms with van der Waals surface area (Å²) in [6, 6.07) is 0. The van der Waals surface area contributed by atoms with Crippen LogP contribution in [-0.4, -0.2) is 65.3 Å². The van der Waals surface area contributed by atoms with Gasteiger partial charge in [0, 0.05) is 31.6 Å². The Hall–Kier alpha value is -0.660. The number of anilines is 1. The summed E-state index contributed by atoms with van der Waals surface area (Å²) in [6.07, 6.45) is 5.68. The zero-order valence-corrected chi connectivity index (χ0v) is 15.0. The van der Waals surface area contributed by atoms with Gasteiger partial charge in [-0.15, -0.1) is 24.8 Å². The van der Waals surface area contributed by atoms with Gasteiger partial charge in [-0.25, -0.2) is 9.97 Å². The molecule has 1 atom stereocenters. The second kappa shape index (κ2) is 10.3. The van der Waals surface area contributed by atoms with Gasteiger partial charge < -0.3 is 20.6 Å². The van der Waals surface area contributed by atoms with Crippen LogP contribution in [0.25, 0.3) is 0 Å².